The van der Waals surface area contributed by atoms with Gasteiger partial charge in [-0.2, -0.15) is 0 Å². The first-order valence-electron chi connectivity index (χ1n) is 9.23. The van der Waals surface area contributed by atoms with Crippen LogP contribution in [0.2, 0.25) is 0 Å². The lowest BCUT2D eigenvalue weighted by atomic mass is 10.1. The van der Waals surface area contributed by atoms with Crippen LogP contribution in [0.15, 0.2) is 29.3 Å². The van der Waals surface area contributed by atoms with Gasteiger partial charge in [0, 0.05) is 26.2 Å². The molecule has 0 aliphatic carbocycles. The van der Waals surface area contributed by atoms with E-state index in [4.69, 9.17) is 0 Å². The molecule has 1 aromatic rings. The van der Waals surface area contributed by atoms with E-state index in [-0.39, 0.29) is 0 Å². The monoisotopic (exact) mass is 381 g/mol. The van der Waals surface area contributed by atoms with Crippen LogP contribution >= 0.6 is 0 Å². The molecule has 2 rings (SSSR count). The van der Waals surface area contributed by atoms with Crippen LogP contribution in [0.1, 0.15) is 30.9 Å². The summed E-state index contributed by atoms with van der Waals surface area (Å²) in [4.78, 5) is 7.05. The van der Waals surface area contributed by atoms with Crippen LogP contribution in [0.5, 0.6) is 0 Å². The highest BCUT2D eigenvalue weighted by atomic mass is 32.2. The first-order valence-corrected chi connectivity index (χ1v) is 11.1. The lowest BCUT2D eigenvalue weighted by molar-refractivity contribution is 0.331. The zero-order valence-corrected chi connectivity index (χ0v) is 16.6. The number of hydrogen-bond donors (Lipinski definition) is 3. The third-order valence-corrected chi connectivity index (χ3v) is 4.90. The molecule has 1 fully saturated rings. The first kappa shape index (κ1) is 20.7. The van der Waals surface area contributed by atoms with E-state index >= 15 is 0 Å². The Morgan fingerprint density at radius 1 is 1.08 bits per heavy atom. The molecule has 0 spiro atoms. The van der Waals surface area contributed by atoms with E-state index in [0.717, 1.165) is 24.9 Å². The van der Waals surface area contributed by atoms with Gasteiger partial charge in [-0.05, 0) is 44.0 Å². The van der Waals surface area contributed by atoms with Crippen molar-refractivity contribution in [1.82, 2.24) is 20.3 Å². The molecule has 0 unspecified atom stereocenters. The zero-order valence-electron chi connectivity index (χ0n) is 15.8. The second-order valence-electron chi connectivity index (χ2n) is 6.59. The Morgan fingerprint density at radius 3 is 2.35 bits per heavy atom. The summed E-state index contributed by atoms with van der Waals surface area (Å²) in [6, 6.07) is 8.62. The summed E-state index contributed by atoms with van der Waals surface area (Å²) in [7, 11) is -3.16. The molecule has 7 nitrogen and oxygen atoms in total. The van der Waals surface area contributed by atoms with E-state index in [1.165, 1.54) is 31.5 Å². The number of sulfonamides is 1. The molecule has 0 bridgehead atoms. The van der Waals surface area contributed by atoms with Crippen LogP contribution < -0.4 is 15.4 Å². The third kappa shape index (κ3) is 8.16. The molecule has 1 aromatic carbocycles. The molecule has 1 heterocycles. The summed E-state index contributed by atoms with van der Waals surface area (Å²) in [5, 5.41) is 6.29. The maximum Gasteiger partial charge on any atom is 0.208 e. The van der Waals surface area contributed by atoms with Gasteiger partial charge in [0.2, 0.25) is 10.0 Å². The molecule has 26 heavy (non-hydrogen) atoms. The van der Waals surface area contributed by atoms with E-state index in [1.54, 1.807) is 0 Å². The molecule has 3 N–H and O–H groups in total. The summed E-state index contributed by atoms with van der Waals surface area (Å²) in [6.07, 6.45) is 3.78. The minimum atomic E-state index is -3.16. The summed E-state index contributed by atoms with van der Waals surface area (Å²) in [5.41, 5.74) is 2.50. The number of aliphatic imine (C=N–C) groups is 1. The number of likely N-dealkylation sites (tertiary alicyclic amines) is 1. The van der Waals surface area contributed by atoms with Gasteiger partial charge in [-0.25, -0.2) is 18.1 Å². The normalized spacial score (nSPS) is 16.0. The van der Waals surface area contributed by atoms with Gasteiger partial charge in [0.15, 0.2) is 5.96 Å². The van der Waals surface area contributed by atoms with Gasteiger partial charge in [0.25, 0.3) is 0 Å². The largest absolute Gasteiger partial charge is 0.357 e. The van der Waals surface area contributed by atoms with Gasteiger partial charge >= 0.3 is 0 Å². The van der Waals surface area contributed by atoms with E-state index in [0.29, 0.717) is 25.6 Å². The smallest absolute Gasteiger partial charge is 0.208 e. The average molecular weight is 382 g/mol. The fourth-order valence-corrected chi connectivity index (χ4v) is 3.35. The second-order valence-corrected chi connectivity index (χ2v) is 8.42. The Balaban J connectivity index is 1.81. The zero-order chi connectivity index (χ0) is 18.8. The molecule has 0 amide bonds. The predicted octanol–water partition coefficient (Wildman–Crippen LogP) is 0.887. The SMILES string of the molecule is CCNC(=NCc1ccc(CN2CCCC2)cc1)NCCNS(C)(=O)=O. The Morgan fingerprint density at radius 2 is 1.73 bits per heavy atom. The molecule has 146 valence electrons. The summed E-state index contributed by atoms with van der Waals surface area (Å²) in [6.45, 7) is 7.58. The van der Waals surface area contributed by atoms with Crippen molar-refractivity contribution in [2.24, 2.45) is 4.99 Å². The van der Waals surface area contributed by atoms with E-state index < -0.39 is 10.0 Å². The lowest BCUT2D eigenvalue weighted by Crippen LogP contribution is -2.41. The van der Waals surface area contributed by atoms with E-state index in [1.807, 2.05) is 6.92 Å². The van der Waals surface area contributed by atoms with Crippen LogP contribution in [-0.4, -0.2) is 58.3 Å². The maximum absolute atomic E-state index is 11.1. The number of nitrogens with zero attached hydrogens (tertiary/aromatic N) is 2. The Labute approximate surface area is 157 Å². The van der Waals surface area contributed by atoms with Gasteiger partial charge in [-0.15, -0.1) is 0 Å². The summed E-state index contributed by atoms with van der Waals surface area (Å²) >= 11 is 0. The minimum Gasteiger partial charge on any atom is -0.357 e. The van der Waals surface area contributed by atoms with Gasteiger partial charge < -0.3 is 10.6 Å². The number of nitrogens with one attached hydrogen (secondary N) is 3. The van der Waals surface area contributed by atoms with Crippen molar-refractivity contribution >= 4 is 16.0 Å². The average Bonchev–Trinajstić information content (AvgIpc) is 3.10. The highest BCUT2D eigenvalue weighted by Crippen LogP contribution is 2.13. The fourth-order valence-electron chi connectivity index (χ4n) is 2.88. The lowest BCUT2D eigenvalue weighted by Gasteiger charge is -2.14. The topological polar surface area (TPSA) is 85.8 Å². The number of hydrogen-bond acceptors (Lipinski definition) is 4. The molecule has 1 aliphatic heterocycles. The van der Waals surface area contributed by atoms with Gasteiger partial charge in [0.1, 0.15) is 0 Å². The Hall–Kier alpha value is -1.64. The molecule has 0 aromatic heterocycles. The standard InChI is InChI=1S/C18H31N5O2S/c1-3-19-18(20-10-11-22-26(2,24)25)21-14-16-6-8-17(9-7-16)15-23-12-4-5-13-23/h6-9,22H,3-5,10-15H2,1-2H3,(H2,19,20,21). The van der Waals surface area contributed by atoms with Gasteiger partial charge in [-0.3, -0.25) is 4.90 Å². The number of rotatable bonds is 9. The molecule has 0 atom stereocenters. The third-order valence-electron chi connectivity index (χ3n) is 4.17. The highest BCUT2D eigenvalue weighted by Gasteiger charge is 2.11. The van der Waals surface area contributed by atoms with Crippen LogP contribution in [0.25, 0.3) is 0 Å². The van der Waals surface area contributed by atoms with E-state index in [2.05, 4.69) is 49.5 Å². The highest BCUT2D eigenvalue weighted by molar-refractivity contribution is 7.88. The van der Waals surface area contributed by atoms with Gasteiger partial charge in [-0.1, -0.05) is 24.3 Å². The summed E-state index contributed by atoms with van der Waals surface area (Å²) in [5.74, 6) is 0.684. The molecule has 8 heteroatoms. The Kier molecular flexibility index (Phi) is 8.34. The van der Waals surface area contributed by atoms with Crippen molar-refractivity contribution < 1.29 is 8.42 Å². The molecular formula is C18H31N5O2S. The van der Waals surface area contributed by atoms with E-state index in [9.17, 15) is 8.42 Å². The second kappa shape index (κ2) is 10.5. The molecular weight excluding hydrogens is 350 g/mol. The number of guanidine groups is 1. The first-order chi connectivity index (χ1) is 12.5. The van der Waals surface area contributed by atoms with Crippen molar-refractivity contribution in [3.05, 3.63) is 35.4 Å². The van der Waals surface area contributed by atoms with Crippen LogP contribution in [0.4, 0.5) is 0 Å². The quantitative estimate of drug-likeness (QED) is 0.336. The van der Waals surface area contributed by atoms with Crippen LogP contribution in [0, 0.1) is 0 Å². The predicted molar refractivity (Wildman–Crippen MR) is 107 cm³/mol. The number of benzene rings is 1. The van der Waals surface area contributed by atoms with Crippen LogP contribution in [-0.2, 0) is 23.1 Å². The Bertz CT molecular complexity index is 667. The van der Waals surface area contributed by atoms with Crippen molar-refractivity contribution in [2.75, 3.05) is 39.0 Å². The van der Waals surface area contributed by atoms with Crippen molar-refractivity contribution in [1.29, 1.82) is 0 Å². The van der Waals surface area contributed by atoms with Crippen molar-refractivity contribution in [2.45, 2.75) is 32.9 Å². The van der Waals surface area contributed by atoms with Gasteiger partial charge in [0.05, 0.1) is 12.8 Å². The molecule has 1 saturated heterocycles. The maximum atomic E-state index is 11.1. The minimum absolute atomic E-state index is 0.328. The fraction of sp³-hybridized carbons (Fsp3) is 0.611. The molecule has 1 aliphatic rings. The molecule has 0 radical (unpaired) electrons. The summed E-state index contributed by atoms with van der Waals surface area (Å²) < 4.78 is 24.6. The van der Waals surface area contributed by atoms with Crippen LogP contribution in [0.3, 0.4) is 0 Å². The molecule has 0 saturated carbocycles. The van der Waals surface area contributed by atoms with Crippen molar-refractivity contribution in [3.63, 3.8) is 0 Å². The van der Waals surface area contributed by atoms with Crippen molar-refractivity contribution in [3.8, 4) is 0 Å².